The Bertz CT molecular complexity index is 265. The van der Waals surface area contributed by atoms with Gasteiger partial charge in [0.2, 0.25) is 5.91 Å². The fourth-order valence-electron chi connectivity index (χ4n) is 1.98. The molecule has 1 aliphatic rings. The maximum absolute atomic E-state index is 11.9. The minimum Gasteiger partial charge on any atom is -0.481 e. The summed E-state index contributed by atoms with van der Waals surface area (Å²) >= 11 is 0. The molecule has 0 aromatic carbocycles. The van der Waals surface area contributed by atoms with E-state index in [0.717, 1.165) is 19.4 Å². The number of carboxylic acids is 1. The van der Waals surface area contributed by atoms with Gasteiger partial charge in [0, 0.05) is 19.5 Å². The monoisotopic (exact) mass is 227 g/mol. The van der Waals surface area contributed by atoms with Crippen LogP contribution in [0.25, 0.3) is 0 Å². The lowest BCUT2D eigenvalue weighted by molar-refractivity contribution is -0.145. The van der Waals surface area contributed by atoms with E-state index in [1.165, 1.54) is 0 Å². The molecule has 4 nitrogen and oxygen atoms in total. The van der Waals surface area contributed by atoms with Crippen LogP contribution in [0, 0.1) is 11.8 Å². The lowest BCUT2D eigenvalue weighted by atomic mass is 9.97. The van der Waals surface area contributed by atoms with Crippen molar-refractivity contribution in [1.82, 2.24) is 4.90 Å². The summed E-state index contributed by atoms with van der Waals surface area (Å²) in [6.45, 7) is 5.23. The molecule has 0 bridgehead atoms. The lowest BCUT2D eigenvalue weighted by Gasteiger charge is -2.31. The minimum atomic E-state index is -0.777. The second-order valence-electron chi connectivity index (χ2n) is 4.73. The minimum absolute atomic E-state index is 0.111. The van der Waals surface area contributed by atoms with Gasteiger partial charge in [-0.2, -0.15) is 0 Å². The predicted molar refractivity (Wildman–Crippen MR) is 61.0 cm³/mol. The number of carbonyl (C=O) groups is 2. The van der Waals surface area contributed by atoms with Gasteiger partial charge < -0.3 is 10.0 Å². The van der Waals surface area contributed by atoms with Crippen LogP contribution in [0.3, 0.4) is 0 Å². The fourth-order valence-corrected chi connectivity index (χ4v) is 1.98. The number of piperidine rings is 1. The summed E-state index contributed by atoms with van der Waals surface area (Å²) in [7, 11) is 0. The summed E-state index contributed by atoms with van der Waals surface area (Å²) in [4.78, 5) is 24.4. The maximum Gasteiger partial charge on any atom is 0.308 e. The Labute approximate surface area is 96.6 Å². The number of aliphatic carboxylic acids is 1. The van der Waals surface area contributed by atoms with E-state index >= 15 is 0 Å². The molecule has 0 aliphatic carbocycles. The second kappa shape index (κ2) is 5.87. The Kier molecular flexibility index (Phi) is 4.77. The zero-order valence-corrected chi connectivity index (χ0v) is 10.1. The summed E-state index contributed by atoms with van der Waals surface area (Å²) in [5.74, 6) is -0.645. The zero-order valence-electron chi connectivity index (χ0n) is 10.1. The van der Waals surface area contributed by atoms with E-state index < -0.39 is 5.97 Å². The van der Waals surface area contributed by atoms with Crippen molar-refractivity contribution in [3.63, 3.8) is 0 Å². The lowest BCUT2D eigenvalue weighted by Crippen LogP contribution is -2.42. The Morgan fingerprint density at radius 2 is 2.19 bits per heavy atom. The van der Waals surface area contributed by atoms with Crippen LogP contribution in [-0.2, 0) is 9.59 Å². The molecule has 0 saturated carbocycles. The molecule has 1 N–H and O–H groups in total. The molecule has 92 valence electrons. The molecule has 1 unspecified atom stereocenters. The Hall–Kier alpha value is -1.06. The van der Waals surface area contributed by atoms with E-state index in [2.05, 4.69) is 13.8 Å². The number of carbonyl (C=O) groups excluding carboxylic acids is 1. The highest BCUT2D eigenvalue weighted by molar-refractivity contribution is 5.78. The van der Waals surface area contributed by atoms with Crippen molar-refractivity contribution in [2.24, 2.45) is 11.8 Å². The highest BCUT2D eigenvalue weighted by atomic mass is 16.4. The number of amides is 1. The van der Waals surface area contributed by atoms with Gasteiger partial charge in [-0.05, 0) is 18.8 Å². The molecule has 1 fully saturated rings. The average Bonchev–Trinajstić information content (AvgIpc) is 2.28. The summed E-state index contributed by atoms with van der Waals surface area (Å²) in [6.07, 6.45) is 3.04. The first-order valence-electron chi connectivity index (χ1n) is 6.05. The summed E-state index contributed by atoms with van der Waals surface area (Å²) < 4.78 is 0. The molecule has 1 heterocycles. The van der Waals surface area contributed by atoms with Crippen LogP contribution in [0.2, 0.25) is 0 Å². The molecule has 1 aliphatic heterocycles. The molecule has 1 rings (SSSR count). The molecule has 0 aromatic rings. The third-order valence-electron chi connectivity index (χ3n) is 3.34. The summed E-state index contributed by atoms with van der Waals surface area (Å²) in [5.41, 5.74) is 0. The van der Waals surface area contributed by atoms with Crippen molar-refractivity contribution in [3.05, 3.63) is 0 Å². The van der Waals surface area contributed by atoms with Crippen LogP contribution >= 0.6 is 0 Å². The molecule has 0 radical (unpaired) electrons. The first-order chi connectivity index (χ1) is 7.54. The smallest absolute Gasteiger partial charge is 0.308 e. The van der Waals surface area contributed by atoms with E-state index in [1.807, 2.05) is 0 Å². The first-order valence-corrected chi connectivity index (χ1v) is 6.05. The molecular weight excluding hydrogens is 206 g/mol. The molecular formula is C12H21NO3. The van der Waals surface area contributed by atoms with Crippen LogP contribution in [-0.4, -0.2) is 35.0 Å². The van der Waals surface area contributed by atoms with Gasteiger partial charge in [0.15, 0.2) is 0 Å². The number of nitrogens with zero attached hydrogens (tertiary/aromatic N) is 1. The van der Waals surface area contributed by atoms with Gasteiger partial charge >= 0.3 is 5.97 Å². The van der Waals surface area contributed by atoms with Crippen molar-refractivity contribution in [3.8, 4) is 0 Å². The van der Waals surface area contributed by atoms with Crippen molar-refractivity contribution in [2.75, 3.05) is 13.1 Å². The quantitative estimate of drug-likeness (QED) is 0.796. The summed E-state index contributed by atoms with van der Waals surface area (Å²) in [6, 6.07) is 0. The van der Waals surface area contributed by atoms with E-state index in [0.29, 0.717) is 25.3 Å². The number of hydrogen-bond acceptors (Lipinski definition) is 2. The number of likely N-dealkylation sites (tertiary alicyclic amines) is 1. The first kappa shape index (κ1) is 13.0. The van der Waals surface area contributed by atoms with E-state index in [-0.39, 0.29) is 11.8 Å². The van der Waals surface area contributed by atoms with Gasteiger partial charge in [-0.3, -0.25) is 9.59 Å². The van der Waals surface area contributed by atoms with Gasteiger partial charge in [-0.15, -0.1) is 0 Å². The highest BCUT2D eigenvalue weighted by Crippen LogP contribution is 2.19. The molecule has 2 atom stereocenters. The molecule has 0 aromatic heterocycles. The normalized spacial score (nSPS) is 22.9. The molecule has 1 saturated heterocycles. The number of rotatable bonds is 4. The van der Waals surface area contributed by atoms with Crippen LogP contribution in [0.4, 0.5) is 0 Å². The topological polar surface area (TPSA) is 57.6 Å². The van der Waals surface area contributed by atoms with Crippen LogP contribution in [0.15, 0.2) is 0 Å². The van der Waals surface area contributed by atoms with Gasteiger partial charge in [0.25, 0.3) is 0 Å². The van der Waals surface area contributed by atoms with E-state index in [9.17, 15) is 9.59 Å². The average molecular weight is 227 g/mol. The van der Waals surface area contributed by atoms with Crippen molar-refractivity contribution in [2.45, 2.75) is 39.5 Å². The van der Waals surface area contributed by atoms with E-state index in [1.54, 1.807) is 4.90 Å². The third-order valence-corrected chi connectivity index (χ3v) is 3.34. The van der Waals surface area contributed by atoms with Crippen molar-refractivity contribution >= 4 is 11.9 Å². The third kappa shape index (κ3) is 3.51. The number of carboxylic acid groups (broad SMARTS) is 1. The highest BCUT2D eigenvalue weighted by Gasteiger charge is 2.28. The van der Waals surface area contributed by atoms with Crippen LogP contribution < -0.4 is 0 Å². The van der Waals surface area contributed by atoms with Crippen LogP contribution in [0.1, 0.15) is 39.5 Å². The fraction of sp³-hybridized carbons (Fsp3) is 0.833. The Balaban J connectivity index is 2.47. The number of hydrogen-bond donors (Lipinski definition) is 1. The largest absolute Gasteiger partial charge is 0.481 e. The molecule has 0 spiro atoms. The standard InChI is InChI=1S/C12H21NO3/c1-3-9(2)7-11(14)13-6-4-5-10(8-13)12(15)16/h9-10H,3-8H2,1-2H3,(H,15,16)/t9?,10-/m0/s1. The van der Waals surface area contributed by atoms with Gasteiger partial charge in [-0.25, -0.2) is 0 Å². The zero-order chi connectivity index (χ0) is 12.1. The van der Waals surface area contributed by atoms with Gasteiger partial charge in [0.05, 0.1) is 5.92 Å². The molecule has 1 amide bonds. The Morgan fingerprint density at radius 1 is 1.50 bits per heavy atom. The Morgan fingerprint density at radius 3 is 2.75 bits per heavy atom. The van der Waals surface area contributed by atoms with Crippen LogP contribution in [0.5, 0.6) is 0 Å². The molecule has 16 heavy (non-hydrogen) atoms. The van der Waals surface area contributed by atoms with Crippen molar-refractivity contribution in [1.29, 1.82) is 0 Å². The van der Waals surface area contributed by atoms with Gasteiger partial charge in [0.1, 0.15) is 0 Å². The van der Waals surface area contributed by atoms with E-state index in [4.69, 9.17) is 5.11 Å². The molecule has 4 heteroatoms. The summed E-state index contributed by atoms with van der Waals surface area (Å²) in [5, 5.41) is 8.93. The predicted octanol–water partition coefficient (Wildman–Crippen LogP) is 1.75. The maximum atomic E-state index is 11.9. The second-order valence-corrected chi connectivity index (χ2v) is 4.73. The van der Waals surface area contributed by atoms with Gasteiger partial charge in [-0.1, -0.05) is 20.3 Å². The van der Waals surface area contributed by atoms with Crippen molar-refractivity contribution < 1.29 is 14.7 Å². The SMILES string of the molecule is CCC(C)CC(=O)N1CCC[C@H](C(=O)O)C1.